The Morgan fingerprint density at radius 1 is 1.30 bits per heavy atom. The highest BCUT2D eigenvalue weighted by molar-refractivity contribution is 5.94. The highest BCUT2D eigenvalue weighted by atomic mass is 16.5. The van der Waals surface area contributed by atoms with E-state index in [1.807, 2.05) is 0 Å². The molecular formula is C14H18N2O4. The van der Waals surface area contributed by atoms with E-state index < -0.39 is 12.6 Å². The zero-order valence-corrected chi connectivity index (χ0v) is 11.1. The smallest absolute Gasteiger partial charge is 0.341 e. The minimum absolute atomic E-state index is 0.0104. The summed E-state index contributed by atoms with van der Waals surface area (Å²) in [6.45, 7) is 1.25. The monoisotopic (exact) mass is 278 g/mol. The second-order valence-corrected chi connectivity index (χ2v) is 4.69. The minimum atomic E-state index is -1.05. The lowest BCUT2D eigenvalue weighted by molar-refractivity contribution is -0.139. The van der Waals surface area contributed by atoms with Gasteiger partial charge in [-0.15, -0.1) is 0 Å². The van der Waals surface area contributed by atoms with Crippen LogP contribution in [0.5, 0.6) is 5.75 Å². The molecule has 1 fully saturated rings. The van der Waals surface area contributed by atoms with Gasteiger partial charge in [0.25, 0.3) is 0 Å². The SMILES string of the molecule is O=C(O)COc1ccccc1NC(=O)C1CCNCC1. The van der Waals surface area contributed by atoms with Crippen LogP contribution in [0, 0.1) is 5.92 Å². The quantitative estimate of drug-likeness (QED) is 0.750. The van der Waals surface area contributed by atoms with Gasteiger partial charge in [0.15, 0.2) is 6.61 Å². The predicted molar refractivity (Wildman–Crippen MR) is 73.8 cm³/mol. The second kappa shape index (κ2) is 6.91. The summed E-state index contributed by atoms with van der Waals surface area (Å²) < 4.78 is 5.16. The van der Waals surface area contributed by atoms with Gasteiger partial charge in [0.1, 0.15) is 5.75 Å². The summed E-state index contributed by atoms with van der Waals surface area (Å²) in [5, 5.41) is 14.7. The van der Waals surface area contributed by atoms with Crippen LogP contribution in [-0.2, 0) is 9.59 Å². The van der Waals surface area contributed by atoms with Crippen LogP contribution in [-0.4, -0.2) is 36.7 Å². The molecule has 0 aromatic heterocycles. The number of rotatable bonds is 5. The van der Waals surface area contributed by atoms with Crippen molar-refractivity contribution < 1.29 is 19.4 Å². The number of carbonyl (C=O) groups excluding carboxylic acids is 1. The molecule has 0 unspecified atom stereocenters. The van der Waals surface area contributed by atoms with Crippen LogP contribution < -0.4 is 15.4 Å². The third-order valence-corrected chi connectivity index (χ3v) is 3.21. The molecular weight excluding hydrogens is 260 g/mol. The molecule has 1 aromatic rings. The zero-order chi connectivity index (χ0) is 14.4. The van der Waals surface area contributed by atoms with E-state index in [1.54, 1.807) is 24.3 Å². The summed E-state index contributed by atoms with van der Waals surface area (Å²) in [5.74, 6) is -0.733. The van der Waals surface area contributed by atoms with E-state index in [0.29, 0.717) is 11.4 Å². The average molecular weight is 278 g/mol. The number of hydrogen-bond donors (Lipinski definition) is 3. The molecule has 3 N–H and O–H groups in total. The molecule has 1 aliphatic rings. The fourth-order valence-electron chi connectivity index (χ4n) is 2.15. The molecule has 0 aliphatic carbocycles. The Morgan fingerprint density at radius 2 is 2.00 bits per heavy atom. The number of nitrogens with one attached hydrogen (secondary N) is 2. The first-order valence-corrected chi connectivity index (χ1v) is 6.62. The Hall–Kier alpha value is -2.08. The summed E-state index contributed by atoms with van der Waals surface area (Å²) in [6.07, 6.45) is 1.62. The fraction of sp³-hybridized carbons (Fsp3) is 0.429. The number of ether oxygens (including phenoxy) is 1. The highest BCUT2D eigenvalue weighted by Gasteiger charge is 2.21. The Labute approximate surface area is 117 Å². The van der Waals surface area contributed by atoms with Crippen molar-refractivity contribution in [1.82, 2.24) is 5.32 Å². The van der Waals surface area contributed by atoms with Crippen LogP contribution in [0.1, 0.15) is 12.8 Å². The lowest BCUT2D eigenvalue weighted by atomic mass is 9.97. The topological polar surface area (TPSA) is 87.7 Å². The maximum absolute atomic E-state index is 12.1. The molecule has 1 aliphatic heterocycles. The van der Waals surface area contributed by atoms with Crippen molar-refractivity contribution in [2.24, 2.45) is 5.92 Å². The van der Waals surface area contributed by atoms with Crippen LogP contribution in [0.2, 0.25) is 0 Å². The molecule has 1 heterocycles. The van der Waals surface area contributed by atoms with Gasteiger partial charge in [-0.05, 0) is 38.1 Å². The van der Waals surface area contributed by atoms with Crippen molar-refractivity contribution in [2.75, 3.05) is 25.0 Å². The number of benzene rings is 1. The summed E-state index contributed by atoms with van der Waals surface area (Å²) in [5.41, 5.74) is 0.511. The van der Waals surface area contributed by atoms with E-state index in [0.717, 1.165) is 25.9 Å². The summed E-state index contributed by atoms with van der Waals surface area (Å²) in [7, 11) is 0. The van der Waals surface area contributed by atoms with Gasteiger partial charge >= 0.3 is 5.97 Å². The van der Waals surface area contributed by atoms with Crippen molar-refractivity contribution in [1.29, 1.82) is 0 Å². The third kappa shape index (κ3) is 3.96. The normalized spacial score (nSPS) is 15.6. The van der Waals surface area contributed by atoms with Crippen molar-refractivity contribution >= 4 is 17.6 Å². The first kappa shape index (κ1) is 14.3. The number of anilines is 1. The second-order valence-electron chi connectivity index (χ2n) is 4.69. The van der Waals surface area contributed by atoms with E-state index in [9.17, 15) is 9.59 Å². The lowest BCUT2D eigenvalue weighted by Gasteiger charge is -2.22. The average Bonchev–Trinajstić information content (AvgIpc) is 2.47. The summed E-state index contributed by atoms with van der Waals surface area (Å²) >= 11 is 0. The minimum Gasteiger partial charge on any atom is -0.480 e. The lowest BCUT2D eigenvalue weighted by Crippen LogP contribution is -2.34. The van der Waals surface area contributed by atoms with E-state index in [-0.39, 0.29) is 11.8 Å². The van der Waals surface area contributed by atoms with Crippen molar-refractivity contribution in [3.63, 3.8) is 0 Å². The fourth-order valence-corrected chi connectivity index (χ4v) is 2.15. The molecule has 0 radical (unpaired) electrons. The molecule has 20 heavy (non-hydrogen) atoms. The molecule has 6 nitrogen and oxygen atoms in total. The number of amides is 1. The maximum atomic E-state index is 12.1. The van der Waals surface area contributed by atoms with Gasteiger partial charge < -0.3 is 20.5 Å². The summed E-state index contributed by atoms with van der Waals surface area (Å²) in [6, 6.07) is 6.85. The maximum Gasteiger partial charge on any atom is 0.341 e. The summed E-state index contributed by atoms with van der Waals surface area (Å²) in [4.78, 5) is 22.7. The highest BCUT2D eigenvalue weighted by Crippen LogP contribution is 2.25. The largest absolute Gasteiger partial charge is 0.480 e. The molecule has 6 heteroatoms. The molecule has 0 bridgehead atoms. The predicted octanol–water partition coefficient (Wildman–Crippen LogP) is 1.09. The zero-order valence-electron chi connectivity index (χ0n) is 11.1. The third-order valence-electron chi connectivity index (χ3n) is 3.21. The number of piperidine rings is 1. The van der Waals surface area contributed by atoms with Gasteiger partial charge in [0, 0.05) is 5.92 Å². The van der Waals surface area contributed by atoms with E-state index in [4.69, 9.17) is 9.84 Å². The molecule has 1 saturated heterocycles. The van der Waals surface area contributed by atoms with Crippen LogP contribution in [0.4, 0.5) is 5.69 Å². The number of para-hydroxylation sites is 2. The molecule has 1 amide bonds. The van der Waals surface area contributed by atoms with E-state index >= 15 is 0 Å². The Morgan fingerprint density at radius 3 is 2.70 bits per heavy atom. The van der Waals surface area contributed by atoms with Crippen LogP contribution in [0.3, 0.4) is 0 Å². The number of carboxylic acid groups (broad SMARTS) is 1. The van der Waals surface area contributed by atoms with Gasteiger partial charge in [0.05, 0.1) is 5.69 Å². The van der Waals surface area contributed by atoms with Gasteiger partial charge in [-0.1, -0.05) is 12.1 Å². The standard InChI is InChI=1S/C14H18N2O4/c17-13(18)9-20-12-4-2-1-3-11(12)16-14(19)10-5-7-15-8-6-10/h1-4,10,15H,5-9H2,(H,16,19)(H,17,18). The van der Waals surface area contributed by atoms with Crippen LogP contribution >= 0.6 is 0 Å². The number of carboxylic acids is 1. The molecule has 1 aromatic carbocycles. The van der Waals surface area contributed by atoms with Crippen molar-refractivity contribution in [3.05, 3.63) is 24.3 Å². The molecule has 0 spiro atoms. The number of aliphatic carboxylic acids is 1. The van der Waals surface area contributed by atoms with Gasteiger partial charge in [-0.3, -0.25) is 4.79 Å². The van der Waals surface area contributed by atoms with Crippen molar-refractivity contribution in [3.8, 4) is 5.75 Å². The Bertz CT molecular complexity index is 484. The van der Waals surface area contributed by atoms with Crippen LogP contribution in [0.15, 0.2) is 24.3 Å². The number of hydrogen-bond acceptors (Lipinski definition) is 4. The first-order valence-electron chi connectivity index (χ1n) is 6.62. The van der Waals surface area contributed by atoms with E-state index in [1.165, 1.54) is 0 Å². The molecule has 0 saturated carbocycles. The van der Waals surface area contributed by atoms with Crippen LogP contribution in [0.25, 0.3) is 0 Å². The first-order chi connectivity index (χ1) is 9.66. The Balaban J connectivity index is 2.00. The molecule has 2 rings (SSSR count). The van der Waals surface area contributed by atoms with E-state index in [2.05, 4.69) is 10.6 Å². The van der Waals surface area contributed by atoms with Gasteiger partial charge in [-0.25, -0.2) is 4.79 Å². The van der Waals surface area contributed by atoms with Gasteiger partial charge in [-0.2, -0.15) is 0 Å². The molecule has 0 atom stereocenters. The number of carbonyl (C=O) groups is 2. The van der Waals surface area contributed by atoms with Crippen molar-refractivity contribution in [2.45, 2.75) is 12.8 Å². The Kier molecular flexibility index (Phi) is 4.95. The molecule has 108 valence electrons. The van der Waals surface area contributed by atoms with Gasteiger partial charge in [0.2, 0.25) is 5.91 Å².